The average molecular weight is 324 g/mol. The van der Waals surface area contributed by atoms with Gasteiger partial charge in [-0.2, -0.15) is 0 Å². The summed E-state index contributed by atoms with van der Waals surface area (Å²) in [4.78, 5) is 0. The molecule has 0 aliphatic heterocycles. The first-order chi connectivity index (χ1) is 6.94. The first-order valence-corrected chi connectivity index (χ1v) is 5.86. The van der Waals surface area contributed by atoms with Gasteiger partial charge in [0.15, 0.2) is 11.6 Å². The van der Waals surface area contributed by atoms with Crippen molar-refractivity contribution in [2.75, 3.05) is 0 Å². The van der Waals surface area contributed by atoms with E-state index in [-0.39, 0.29) is 5.41 Å². The molecule has 0 saturated heterocycles. The van der Waals surface area contributed by atoms with Crippen LogP contribution in [0.2, 0.25) is 0 Å². The Kier molecular flexibility index (Phi) is 1.79. The van der Waals surface area contributed by atoms with Gasteiger partial charge in [-0.3, -0.25) is 0 Å². The third-order valence-corrected chi connectivity index (χ3v) is 4.69. The van der Waals surface area contributed by atoms with Crippen LogP contribution in [0.5, 0.6) is 0 Å². The Hall–Kier alpha value is -0.260. The Balaban J connectivity index is 2.03. The smallest absolute Gasteiger partial charge is 0.161 e. The van der Waals surface area contributed by atoms with Gasteiger partial charge in [-0.15, -0.1) is 0 Å². The highest BCUT2D eigenvalue weighted by atomic mass is 127. The summed E-state index contributed by atoms with van der Waals surface area (Å²) in [6.45, 7) is 0. The lowest BCUT2D eigenvalue weighted by atomic mass is 9.42. The standard InChI is InChI=1S/C11H8F3I/c12-7-2-9(14)8(13)1-6(7)10-3-11(15,4-10)5-10/h1-2H,3-5H2. The lowest BCUT2D eigenvalue weighted by Crippen LogP contribution is -2.66. The third-order valence-electron chi connectivity index (χ3n) is 3.55. The molecule has 2 bridgehead atoms. The Bertz CT molecular complexity index is 436. The first kappa shape index (κ1) is 9.93. The van der Waals surface area contributed by atoms with Crippen molar-refractivity contribution < 1.29 is 13.2 Å². The SMILES string of the molecule is Fc1cc(F)c(C23CC(I)(C2)C3)cc1F. The maximum Gasteiger partial charge on any atom is 0.161 e. The van der Waals surface area contributed by atoms with Crippen LogP contribution in [-0.2, 0) is 5.41 Å². The van der Waals surface area contributed by atoms with Crippen molar-refractivity contribution in [1.29, 1.82) is 0 Å². The van der Waals surface area contributed by atoms with Gasteiger partial charge in [-0.1, -0.05) is 22.6 Å². The zero-order valence-corrected chi connectivity index (χ0v) is 9.95. The highest BCUT2D eigenvalue weighted by molar-refractivity contribution is 14.1. The highest BCUT2D eigenvalue weighted by Crippen LogP contribution is 2.72. The average Bonchev–Trinajstić information content (AvgIpc) is 2.05. The topological polar surface area (TPSA) is 0 Å². The van der Waals surface area contributed by atoms with Gasteiger partial charge >= 0.3 is 0 Å². The molecule has 3 aliphatic carbocycles. The first-order valence-electron chi connectivity index (χ1n) is 4.78. The Labute approximate surface area is 99.0 Å². The van der Waals surface area contributed by atoms with Gasteiger partial charge in [0.25, 0.3) is 0 Å². The summed E-state index contributed by atoms with van der Waals surface area (Å²) in [5.41, 5.74) is 0.166. The normalized spacial score (nSPS) is 37.1. The van der Waals surface area contributed by atoms with Crippen molar-refractivity contribution in [1.82, 2.24) is 0 Å². The molecular formula is C11H8F3I. The Morgan fingerprint density at radius 3 is 2.00 bits per heavy atom. The molecule has 3 saturated carbocycles. The molecule has 1 aromatic rings. The number of benzene rings is 1. The minimum absolute atomic E-state index is 0.195. The number of halogens is 4. The minimum atomic E-state index is -1.10. The quantitative estimate of drug-likeness (QED) is 0.420. The van der Waals surface area contributed by atoms with Gasteiger partial charge < -0.3 is 0 Å². The molecule has 1 aromatic carbocycles. The van der Waals surface area contributed by atoms with E-state index in [9.17, 15) is 13.2 Å². The van der Waals surface area contributed by atoms with E-state index in [1.165, 1.54) is 0 Å². The molecule has 3 fully saturated rings. The van der Waals surface area contributed by atoms with Crippen molar-refractivity contribution in [2.24, 2.45) is 0 Å². The molecule has 0 nitrogen and oxygen atoms in total. The molecule has 3 aliphatic rings. The van der Waals surface area contributed by atoms with E-state index in [0.717, 1.165) is 25.3 Å². The maximum absolute atomic E-state index is 13.5. The number of hydrogen-bond acceptors (Lipinski definition) is 0. The van der Waals surface area contributed by atoms with Crippen LogP contribution in [0.1, 0.15) is 24.8 Å². The van der Waals surface area contributed by atoms with E-state index in [1.807, 2.05) is 0 Å². The van der Waals surface area contributed by atoms with Crippen LogP contribution >= 0.6 is 22.6 Å². The van der Waals surface area contributed by atoms with Gasteiger partial charge in [0.05, 0.1) is 0 Å². The molecule has 0 heterocycles. The monoisotopic (exact) mass is 324 g/mol. The molecule has 4 heteroatoms. The molecular weight excluding hydrogens is 316 g/mol. The molecule has 0 radical (unpaired) electrons. The lowest BCUT2D eigenvalue weighted by Gasteiger charge is -2.68. The molecule has 0 aromatic heterocycles. The second-order valence-electron chi connectivity index (χ2n) is 4.71. The summed E-state index contributed by atoms with van der Waals surface area (Å²) in [7, 11) is 0. The van der Waals surface area contributed by atoms with Crippen LogP contribution in [-0.4, -0.2) is 3.42 Å². The number of alkyl halides is 1. The zero-order valence-electron chi connectivity index (χ0n) is 7.79. The molecule has 0 unspecified atom stereocenters. The largest absolute Gasteiger partial charge is 0.207 e. The van der Waals surface area contributed by atoms with Crippen molar-refractivity contribution >= 4 is 22.6 Å². The van der Waals surface area contributed by atoms with Crippen molar-refractivity contribution in [2.45, 2.75) is 28.1 Å². The van der Waals surface area contributed by atoms with Gasteiger partial charge in [0.1, 0.15) is 5.82 Å². The fraction of sp³-hybridized carbons (Fsp3) is 0.455. The van der Waals surface area contributed by atoms with Gasteiger partial charge in [0.2, 0.25) is 0 Å². The second kappa shape index (κ2) is 2.70. The van der Waals surface area contributed by atoms with E-state index in [4.69, 9.17) is 0 Å². The Morgan fingerprint density at radius 2 is 1.47 bits per heavy atom. The summed E-state index contributed by atoms with van der Waals surface area (Å²) < 4.78 is 39.5. The summed E-state index contributed by atoms with van der Waals surface area (Å²) in [6.07, 6.45) is 2.67. The highest BCUT2D eigenvalue weighted by Gasteiger charge is 2.67. The summed E-state index contributed by atoms with van der Waals surface area (Å²) in [5.74, 6) is -2.65. The van der Waals surface area contributed by atoms with Gasteiger partial charge in [-0.05, 0) is 30.9 Å². The van der Waals surface area contributed by atoms with E-state index in [2.05, 4.69) is 22.6 Å². The van der Waals surface area contributed by atoms with E-state index in [0.29, 0.717) is 15.1 Å². The molecule has 4 rings (SSSR count). The fourth-order valence-electron chi connectivity index (χ4n) is 2.88. The van der Waals surface area contributed by atoms with E-state index >= 15 is 0 Å². The predicted octanol–water partition coefficient (Wildman–Crippen LogP) is 3.71. The third kappa shape index (κ3) is 1.20. The summed E-state index contributed by atoms with van der Waals surface area (Å²) in [5, 5.41) is 0. The molecule has 0 N–H and O–H groups in total. The predicted molar refractivity (Wildman–Crippen MR) is 58.6 cm³/mol. The second-order valence-corrected chi connectivity index (χ2v) is 7.00. The van der Waals surface area contributed by atoms with Crippen LogP contribution in [0.3, 0.4) is 0 Å². The number of rotatable bonds is 1. The van der Waals surface area contributed by atoms with Crippen molar-refractivity contribution in [3.8, 4) is 0 Å². The summed E-state index contributed by atoms with van der Waals surface area (Å²) >= 11 is 2.37. The van der Waals surface area contributed by atoms with Crippen molar-refractivity contribution in [3.63, 3.8) is 0 Å². The van der Waals surface area contributed by atoms with Crippen LogP contribution in [0, 0.1) is 17.5 Å². The molecule has 80 valence electrons. The van der Waals surface area contributed by atoms with Crippen LogP contribution in [0.25, 0.3) is 0 Å². The molecule has 0 amide bonds. The van der Waals surface area contributed by atoms with E-state index in [1.54, 1.807) is 0 Å². The van der Waals surface area contributed by atoms with Crippen LogP contribution in [0.15, 0.2) is 12.1 Å². The summed E-state index contributed by atoms with van der Waals surface area (Å²) in [6, 6.07) is 1.69. The molecule has 15 heavy (non-hydrogen) atoms. The maximum atomic E-state index is 13.5. The minimum Gasteiger partial charge on any atom is -0.207 e. The van der Waals surface area contributed by atoms with Gasteiger partial charge in [-0.25, -0.2) is 13.2 Å². The van der Waals surface area contributed by atoms with Crippen LogP contribution < -0.4 is 0 Å². The van der Waals surface area contributed by atoms with Gasteiger partial charge in [0, 0.05) is 14.9 Å². The Morgan fingerprint density at radius 1 is 0.933 bits per heavy atom. The zero-order chi connectivity index (χ0) is 10.8. The van der Waals surface area contributed by atoms with Crippen LogP contribution in [0.4, 0.5) is 13.2 Å². The van der Waals surface area contributed by atoms with E-state index < -0.39 is 17.5 Å². The molecule has 0 spiro atoms. The fourth-order valence-corrected chi connectivity index (χ4v) is 5.07. The number of hydrogen-bond donors (Lipinski definition) is 0. The lowest BCUT2D eigenvalue weighted by molar-refractivity contribution is 0.0183. The molecule has 0 atom stereocenters. The van der Waals surface area contributed by atoms with Crippen molar-refractivity contribution in [3.05, 3.63) is 35.1 Å².